The number of nitro groups is 2. The summed E-state index contributed by atoms with van der Waals surface area (Å²) in [7, 11) is 0. The van der Waals surface area contributed by atoms with E-state index in [4.69, 9.17) is 30.5 Å². The number of nitrogens with one attached hydrogen (secondary N) is 1. The number of alkyl halides is 1. The van der Waals surface area contributed by atoms with Gasteiger partial charge in [0.05, 0.1) is 27.8 Å². The van der Waals surface area contributed by atoms with Gasteiger partial charge in [-0.2, -0.15) is 0 Å². The molecule has 1 N–H and O–H groups in total. The summed E-state index contributed by atoms with van der Waals surface area (Å²) < 4.78 is 20.3. The van der Waals surface area contributed by atoms with Crippen LogP contribution in [0, 0.1) is 34.1 Å². The summed E-state index contributed by atoms with van der Waals surface area (Å²) in [6, 6.07) is 9.40. The maximum absolute atomic E-state index is 12.5. The van der Waals surface area contributed by atoms with E-state index < -0.39 is 56.6 Å². The summed E-state index contributed by atoms with van der Waals surface area (Å²) >= 11 is 5.54. The smallest absolute Gasteiger partial charge is 0.420 e. The molecule has 0 saturated heterocycles. The third kappa shape index (κ3) is 21.2. The largest absolute Gasteiger partial charge is 0.443 e. The minimum Gasteiger partial charge on any atom is -0.443 e. The second kappa shape index (κ2) is 19.7. The molecular weight excluding hydrogens is 716 g/mol. The molecule has 0 heterocycles. The van der Waals surface area contributed by atoms with Gasteiger partial charge in [0.2, 0.25) is 0 Å². The van der Waals surface area contributed by atoms with Crippen LogP contribution in [0.5, 0.6) is 0 Å². The van der Waals surface area contributed by atoms with E-state index in [-0.39, 0.29) is 29.4 Å². The molecule has 0 aromatic heterocycles. The fraction of sp³-hybridized carbons (Fsp3) is 0.556. The summed E-state index contributed by atoms with van der Waals surface area (Å²) in [6.45, 7) is 23.5. The molecule has 0 unspecified atom stereocenters. The minimum absolute atomic E-state index is 0.0931. The zero-order valence-electron chi connectivity index (χ0n) is 33.0. The van der Waals surface area contributed by atoms with E-state index in [2.05, 4.69) is 0 Å². The van der Waals surface area contributed by atoms with Gasteiger partial charge in [-0.25, -0.2) is 29.4 Å². The maximum Gasteiger partial charge on any atom is 0.420 e. The molecule has 0 aliphatic carbocycles. The Morgan fingerprint density at radius 2 is 0.943 bits per heavy atom. The van der Waals surface area contributed by atoms with E-state index in [0.29, 0.717) is 5.56 Å². The molecule has 0 fully saturated rings. The predicted octanol–water partition coefficient (Wildman–Crippen LogP) is 9.66. The fourth-order valence-electron chi connectivity index (χ4n) is 3.72. The number of carbonyl (C=O) groups excluding carboxylic acids is 4. The van der Waals surface area contributed by atoms with Crippen molar-refractivity contribution in [3.63, 3.8) is 0 Å². The number of halogens is 1. The SMILES string of the molecule is CC(C)(C)OC(=O)NC(=O)OC(C)(C)C.Cc1ccc([N+](=O)[O-])c(CCl)c1.Cc1ccc([N+](=O)[O-])c(CN(C(=O)OC(C)(C)C)C(=O)OC(C)(C)C)c1. The van der Waals surface area contributed by atoms with Gasteiger partial charge in [0, 0.05) is 17.7 Å². The van der Waals surface area contributed by atoms with Crippen LogP contribution >= 0.6 is 11.6 Å². The lowest BCUT2D eigenvalue weighted by Gasteiger charge is -2.28. The predicted molar refractivity (Wildman–Crippen MR) is 199 cm³/mol. The van der Waals surface area contributed by atoms with Crippen molar-refractivity contribution in [1.29, 1.82) is 0 Å². The summed E-state index contributed by atoms with van der Waals surface area (Å²) in [6.07, 6.45) is -3.47. The zero-order chi connectivity index (χ0) is 41.7. The van der Waals surface area contributed by atoms with Crippen molar-refractivity contribution in [2.45, 2.75) is 132 Å². The number of aryl methyl sites for hydroxylation is 2. The minimum atomic E-state index is -0.928. The topological polar surface area (TPSA) is 207 Å². The highest BCUT2D eigenvalue weighted by Gasteiger charge is 2.33. The molecule has 0 aliphatic heterocycles. The number of ether oxygens (including phenoxy) is 4. The lowest BCUT2D eigenvalue weighted by molar-refractivity contribution is -0.385. The van der Waals surface area contributed by atoms with E-state index in [1.807, 2.05) is 12.2 Å². The molecule has 0 radical (unpaired) electrons. The molecule has 0 bridgehead atoms. The Hall–Kier alpha value is -4.99. The van der Waals surface area contributed by atoms with Crippen LogP contribution in [0.25, 0.3) is 0 Å². The van der Waals surface area contributed by atoms with Crippen LogP contribution in [0.15, 0.2) is 36.4 Å². The molecule has 2 rings (SSSR count). The third-order valence-electron chi connectivity index (χ3n) is 5.57. The van der Waals surface area contributed by atoms with Gasteiger partial charge in [-0.3, -0.25) is 20.2 Å². The number of amides is 4. The molecule has 17 heteroatoms. The summed E-state index contributed by atoms with van der Waals surface area (Å²) in [4.78, 5) is 68.7. The van der Waals surface area contributed by atoms with Crippen molar-refractivity contribution in [3.05, 3.63) is 78.9 Å². The van der Waals surface area contributed by atoms with Gasteiger partial charge in [-0.15, -0.1) is 11.6 Å². The molecule has 16 nitrogen and oxygen atoms in total. The normalized spacial score (nSPS) is 11.3. The van der Waals surface area contributed by atoms with Crippen LogP contribution in [0.2, 0.25) is 0 Å². The van der Waals surface area contributed by atoms with Crippen molar-refractivity contribution >= 4 is 47.3 Å². The first-order chi connectivity index (χ1) is 23.8. The zero-order valence-corrected chi connectivity index (χ0v) is 33.8. The van der Waals surface area contributed by atoms with E-state index >= 15 is 0 Å². The van der Waals surface area contributed by atoms with Gasteiger partial charge in [-0.1, -0.05) is 23.3 Å². The number of rotatable bonds is 5. The molecular formula is C36H53ClN4O12. The number of alkyl carbamates (subject to hydrolysis) is 2. The number of nitrogens with zero attached hydrogens (tertiary/aromatic N) is 3. The highest BCUT2D eigenvalue weighted by Crippen LogP contribution is 2.24. The van der Waals surface area contributed by atoms with Crippen LogP contribution in [0.3, 0.4) is 0 Å². The Labute approximate surface area is 315 Å². The van der Waals surface area contributed by atoms with Crippen molar-refractivity contribution in [3.8, 4) is 0 Å². The van der Waals surface area contributed by atoms with Crippen molar-refractivity contribution in [1.82, 2.24) is 10.2 Å². The van der Waals surface area contributed by atoms with Gasteiger partial charge in [0.15, 0.2) is 0 Å². The quantitative estimate of drug-likeness (QED) is 0.131. The number of benzene rings is 2. The van der Waals surface area contributed by atoms with Gasteiger partial charge in [-0.05, 0) is 109 Å². The van der Waals surface area contributed by atoms with Crippen LogP contribution < -0.4 is 5.32 Å². The number of carbonyl (C=O) groups is 4. The van der Waals surface area contributed by atoms with Crippen LogP contribution in [-0.2, 0) is 31.4 Å². The Morgan fingerprint density at radius 1 is 0.623 bits per heavy atom. The number of hydrogen-bond acceptors (Lipinski definition) is 12. The second-order valence-corrected chi connectivity index (χ2v) is 15.9. The molecule has 2 aromatic carbocycles. The fourth-order valence-corrected chi connectivity index (χ4v) is 3.93. The maximum atomic E-state index is 12.5. The molecule has 0 spiro atoms. The van der Waals surface area contributed by atoms with Crippen molar-refractivity contribution in [2.75, 3.05) is 0 Å². The molecule has 53 heavy (non-hydrogen) atoms. The first kappa shape index (κ1) is 48.0. The van der Waals surface area contributed by atoms with Gasteiger partial charge >= 0.3 is 24.4 Å². The highest BCUT2D eigenvalue weighted by atomic mass is 35.5. The van der Waals surface area contributed by atoms with E-state index in [1.54, 1.807) is 114 Å². The average molecular weight is 769 g/mol. The van der Waals surface area contributed by atoms with Crippen molar-refractivity contribution in [2.24, 2.45) is 0 Å². The number of hydrogen-bond donors (Lipinski definition) is 1. The van der Waals surface area contributed by atoms with Gasteiger partial charge < -0.3 is 18.9 Å². The third-order valence-corrected chi connectivity index (χ3v) is 5.85. The molecule has 2 aromatic rings. The lowest BCUT2D eigenvalue weighted by atomic mass is 10.1. The van der Waals surface area contributed by atoms with E-state index in [1.165, 1.54) is 12.1 Å². The Balaban J connectivity index is 0.000000845. The molecule has 296 valence electrons. The van der Waals surface area contributed by atoms with E-state index in [9.17, 15) is 39.4 Å². The summed E-state index contributed by atoms with van der Waals surface area (Å²) in [5.41, 5.74) is -0.504. The summed E-state index contributed by atoms with van der Waals surface area (Å²) in [5.74, 6) is 0.179. The Morgan fingerprint density at radius 3 is 1.25 bits per heavy atom. The number of imide groups is 2. The van der Waals surface area contributed by atoms with E-state index in [0.717, 1.165) is 16.0 Å². The molecule has 0 saturated carbocycles. The first-order valence-electron chi connectivity index (χ1n) is 16.3. The average Bonchev–Trinajstić information content (AvgIpc) is 2.92. The molecule has 0 atom stereocenters. The molecule has 4 amide bonds. The highest BCUT2D eigenvalue weighted by molar-refractivity contribution is 6.17. The second-order valence-electron chi connectivity index (χ2n) is 15.6. The van der Waals surface area contributed by atoms with Crippen LogP contribution in [0.4, 0.5) is 30.6 Å². The molecule has 0 aliphatic rings. The Bertz CT molecular complexity index is 1560. The van der Waals surface area contributed by atoms with Gasteiger partial charge in [0.1, 0.15) is 22.4 Å². The number of nitro benzene ring substituents is 2. The summed E-state index contributed by atoms with van der Waals surface area (Å²) in [5, 5.41) is 23.7. The van der Waals surface area contributed by atoms with Crippen molar-refractivity contribution < 1.29 is 48.0 Å². The first-order valence-corrected chi connectivity index (χ1v) is 16.9. The monoisotopic (exact) mass is 768 g/mol. The van der Waals surface area contributed by atoms with Gasteiger partial charge in [0.25, 0.3) is 11.4 Å². The standard InChI is InChI=1S/C18H26N2O6.C10H19NO4.C8H8ClNO2/c1-12-8-9-14(20(23)24)13(10-12)11-19(15(21)25-17(2,3)4)16(22)26-18(5,6)7;1-9(2,3)14-7(12)11-8(13)15-10(4,5)6;1-6-2-3-8(10(11)12)7(4-6)5-9/h8-10H,11H2,1-7H3;1-6H3,(H,11,12,13);2-4H,5H2,1H3. The van der Waals surface area contributed by atoms with Crippen LogP contribution in [0.1, 0.15) is 105 Å². The lowest BCUT2D eigenvalue weighted by Crippen LogP contribution is -2.43. The Kier molecular flexibility index (Phi) is 17.9. The van der Waals surface area contributed by atoms with Crippen LogP contribution in [-0.4, -0.2) is 61.5 Å².